The molecule has 2 aromatic rings. The number of aromatic nitrogens is 3. The average molecular weight is 328 g/mol. The zero-order valence-electron chi connectivity index (χ0n) is 14.3. The highest BCUT2D eigenvalue weighted by atomic mass is 16.2. The predicted octanol–water partition coefficient (Wildman–Crippen LogP) is 2.29. The summed E-state index contributed by atoms with van der Waals surface area (Å²) in [7, 11) is 0. The standard InChI is InChI=1S/C18H24N4O2/c1-12(2)11-22-18(24)8-14(21-22)7-17(23)20-16-10-19-9-13-5-3-4-6-15(13)16/h8-10,12,21H,3-7,11H2,1-2H3,(H,20,23). The fraction of sp³-hybridized carbons (Fsp3) is 0.500. The van der Waals surface area contributed by atoms with E-state index in [1.807, 2.05) is 20.0 Å². The van der Waals surface area contributed by atoms with Gasteiger partial charge >= 0.3 is 0 Å². The smallest absolute Gasteiger partial charge is 0.266 e. The van der Waals surface area contributed by atoms with E-state index in [0.29, 0.717) is 18.2 Å². The molecule has 0 fully saturated rings. The normalized spacial score (nSPS) is 13.8. The Balaban J connectivity index is 1.69. The van der Waals surface area contributed by atoms with Crippen LogP contribution in [0.25, 0.3) is 0 Å². The maximum absolute atomic E-state index is 12.3. The number of H-pyrrole nitrogens is 1. The summed E-state index contributed by atoms with van der Waals surface area (Å²) in [4.78, 5) is 28.5. The Hall–Kier alpha value is -2.37. The molecule has 2 N–H and O–H groups in total. The lowest BCUT2D eigenvalue weighted by Crippen LogP contribution is -2.19. The van der Waals surface area contributed by atoms with Gasteiger partial charge in [-0.3, -0.25) is 24.4 Å². The summed E-state index contributed by atoms with van der Waals surface area (Å²) in [6, 6.07) is 1.50. The molecule has 0 saturated carbocycles. The number of carbonyl (C=O) groups excluding carboxylic acids is 1. The molecule has 0 atom stereocenters. The van der Waals surface area contributed by atoms with Gasteiger partial charge in [0.25, 0.3) is 5.56 Å². The monoisotopic (exact) mass is 328 g/mol. The van der Waals surface area contributed by atoms with Crippen LogP contribution in [0.3, 0.4) is 0 Å². The van der Waals surface area contributed by atoms with Crippen LogP contribution in [0.1, 0.15) is 43.5 Å². The molecule has 0 aromatic carbocycles. The summed E-state index contributed by atoms with van der Waals surface area (Å²) >= 11 is 0. The maximum atomic E-state index is 12.3. The molecule has 128 valence electrons. The van der Waals surface area contributed by atoms with Crippen LogP contribution in [0.5, 0.6) is 0 Å². The van der Waals surface area contributed by atoms with Crippen molar-refractivity contribution in [1.29, 1.82) is 0 Å². The number of nitrogens with zero attached hydrogens (tertiary/aromatic N) is 2. The second kappa shape index (κ2) is 7.03. The summed E-state index contributed by atoms with van der Waals surface area (Å²) in [6.07, 6.45) is 8.10. The van der Waals surface area contributed by atoms with Gasteiger partial charge in [-0.2, -0.15) is 0 Å². The van der Waals surface area contributed by atoms with Crippen LogP contribution < -0.4 is 10.9 Å². The van der Waals surface area contributed by atoms with E-state index in [9.17, 15) is 9.59 Å². The van der Waals surface area contributed by atoms with Crippen LogP contribution in [0, 0.1) is 5.92 Å². The Morgan fingerprint density at radius 2 is 2.12 bits per heavy atom. The van der Waals surface area contributed by atoms with Crippen LogP contribution in [0.2, 0.25) is 0 Å². The highest BCUT2D eigenvalue weighted by Gasteiger charge is 2.16. The molecule has 6 heteroatoms. The first-order valence-electron chi connectivity index (χ1n) is 8.57. The highest BCUT2D eigenvalue weighted by molar-refractivity contribution is 5.92. The van der Waals surface area contributed by atoms with E-state index in [4.69, 9.17) is 0 Å². The van der Waals surface area contributed by atoms with Gasteiger partial charge in [0.1, 0.15) is 0 Å². The molecule has 6 nitrogen and oxygen atoms in total. The van der Waals surface area contributed by atoms with E-state index in [2.05, 4.69) is 15.4 Å². The molecule has 0 aliphatic heterocycles. The lowest BCUT2D eigenvalue weighted by molar-refractivity contribution is -0.115. The number of nitrogens with one attached hydrogen (secondary N) is 2. The first-order valence-corrected chi connectivity index (χ1v) is 8.57. The third-order valence-electron chi connectivity index (χ3n) is 4.28. The van der Waals surface area contributed by atoms with E-state index in [-0.39, 0.29) is 17.9 Å². The number of anilines is 1. The van der Waals surface area contributed by atoms with E-state index in [1.54, 1.807) is 10.9 Å². The van der Waals surface area contributed by atoms with Crippen molar-refractivity contribution < 1.29 is 4.79 Å². The first kappa shape index (κ1) is 16.5. The molecular weight excluding hydrogens is 304 g/mol. The van der Waals surface area contributed by atoms with E-state index >= 15 is 0 Å². The number of amides is 1. The number of pyridine rings is 1. The summed E-state index contributed by atoms with van der Waals surface area (Å²) < 4.78 is 1.55. The summed E-state index contributed by atoms with van der Waals surface area (Å²) in [5.41, 5.74) is 3.79. The van der Waals surface area contributed by atoms with E-state index in [0.717, 1.165) is 24.9 Å². The molecule has 0 saturated heterocycles. The third kappa shape index (κ3) is 3.75. The largest absolute Gasteiger partial charge is 0.324 e. The van der Waals surface area contributed by atoms with Gasteiger partial charge in [0.15, 0.2) is 0 Å². The second-order valence-corrected chi connectivity index (χ2v) is 6.88. The van der Waals surface area contributed by atoms with Crippen LogP contribution >= 0.6 is 0 Å². The topological polar surface area (TPSA) is 79.8 Å². The number of fused-ring (bicyclic) bond motifs is 1. The molecule has 2 heterocycles. The predicted molar refractivity (Wildman–Crippen MR) is 93.1 cm³/mol. The fourth-order valence-electron chi connectivity index (χ4n) is 3.21. The molecule has 0 radical (unpaired) electrons. The van der Waals surface area contributed by atoms with Crippen molar-refractivity contribution in [2.24, 2.45) is 5.92 Å². The minimum absolute atomic E-state index is 0.0924. The summed E-state index contributed by atoms with van der Waals surface area (Å²) in [5.74, 6) is 0.235. The van der Waals surface area contributed by atoms with Crippen LogP contribution in [0.15, 0.2) is 23.3 Å². The van der Waals surface area contributed by atoms with Crippen molar-refractivity contribution >= 4 is 11.6 Å². The molecule has 0 spiro atoms. The zero-order valence-corrected chi connectivity index (χ0v) is 14.3. The molecule has 2 aromatic heterocycles. The fourth-order valence-corrected chi connectivity index (χ4v) is 3.21. The van der Waals surface area contributed by atoms with Crippen LogP contribution in [-0.4, -0.2) is 20.7 Å². The Kier molecular flexibility index (Phi) is 4.83. The van der Waals surface area contributed by atoms with Crippen molar-refractivity contribution in [2.45, 2.75) is 52.5 Å². The number of aromatic amines is 1. The van der Waals surface area contributed by atoms with Gasteiger partial charge in [0, 0.05) is 24.5 Å². The number of rotatable bonds is 5. The molecule has 3 rings (SSSR count). The quantitative estimate of drug-likeness (QED) is 0.884. The maximum Gasteiger partial charge on any atom is 0.266 e. The number of carbonyl (C=O) groups is 1. The molecule has 1 amide bonds. The van der Waals surface area contributed by atoms with Gasteiger partial charge in [0.2, 0.25) is 5.91 Å². The minimum atomic E-state index is -0.131. The Labute approximate surface area is 141 Å². The molecular formula is C18H24N4O2. The minimum Gasteiger partial charge on any atom is -0.324 e. The van der Waals surface area contributed by atoms with Crippen molar-refractivity contribution in [3.63, 3.8) is 0 Å². The second-order valence-electron chi connectivity index (χ2n) is 6.88. The van der Waals surface area contributed by atoms with E-state index < -0.39 is 0 Å². The summed E-state index contributed by atoms with van der Waals surface area (Å²) in [6.45, 7) is 4.72. The molecule has 1 aliphatic rings. The van der Waals surface area contributed by atoms with Crippen molar-refractivity contribution in [1.82, 2.24) is 14.8 Å². The lowest BCUT2D eigenvalue weighted by Gasteiger charge is -2.18. The van der Waals surface area contributed by atoms with Crippen LogP contribution in [0.4, 0.5) is 5.69 Å². The van der Waals surface area contributed by atoms with Gasteiger partial charge in [-0.05, 0) is 42.7 Å². The van der Waals surface area contributed by atoms with Gasteiger partial charge in [-0.25, -0.2) is 0 Å². The van der Waals surface area contributed by atoms with Gasteiger partial charge < -0.3 is 5.32 Å². The average Bonchev–Trinajstić information content (AvgIpc) is 2.86. The van der Waals surface area contributed by atoms with Crippen LogP contribution in [-0.2, 0) is 30.6 Å². The van der Waals surface area contributed by atoms with Crippen molar-refractivity contribution in [2.75, 3.05) is 5.32 Å². The molecule has 24 heavy (non-hydrogen) atoms. The SMILES string of the molecule is CC(C)Cn1[nH]c(CC(=O)Nc2cncc3c2CCCC3)cc1=O. The van der Waals surface area contributed by atoms with Crippen molar-refractivity contribution in [3.8, 4) is 0 Å². The van der Waals surface area contributed by atoms with Gasteiger partial charge in [-0.1, -0.05) is 13.8 Å². The summed E-state index contributed by atoms with van der Waals surface area (Å²) in [5, 5.41) is 5.97. The third-order valence-corrected chi connectivity index (χ3v) is 4.28. The van der Waals surface area contributed by atoms with Gasteiger partial charge in [0.05, 0.1) is 18.3 Å². The number of aryl methyl sites for hydroxylation is 1. The molecule has 0 bridgehead atoms. The Bertz CT molecular complexity index is 789. The highest BCUT2D eigenvalue weighted by Crippen LogP contribution is 2.26. The lowest BCUT2D eigenvalue weighted by atomic mass is 9.92. The van der Waals surface area contributed by atoms with Crippen molar-refractivity contribution in [3.05, 3.63) is 45.6 Å². The molecule has 1 aliphatic carbocycles. The number of hydrogen-bond acceptors (Lipinski definition) is 3. The Morgan fingerprint density at radius 3 is 2.92 bits per heavy atom. The Morgan fingerprint density at radius 1 is 1.33 bits per heavy atom. The van der Waals surface area contributed by atoms with E-state index in [1.165, 1.54) is 23.6 Å². The molecule has 0 unspecified atom stereocenters. The van der Waals surface area contributed by atoms with Gasteiger partial charge in [-0.15, -0.1) is 0 Å². The first-order chi connectivity index (χ1) is 11.5. The number of hydrogen-bond donors (Lipinski definition) is 2. The zero-order chi connectivity index (χ0) is 17.1.